The highest BCUT2D eigenvalue weighted by atomic mass is 35.5. The first kappa shape index (κ1) is 17.0. The summed E-state index contributed by atoms with van der Waals surface area (Å²) < 4.78 is 41.7. The van der Waals surface area contributed by atoms with Crippen molar-refractivity contribution < 1.29 is 13.2 Å². The summed E-state index contributed by atoms with van der Waals surface area (Å²) in [6.07, 6.45) is -2.71. The SMILES string of the molecule is CCCn1nnnc1CSc1nnc2c(Cl)cc(C(F)(F)F)cn12. The first-order valence-corrected chi connectivity index (χ1v) is 8.26. The van der Waals surface area contributed by atoms with Gasteiger partial charge in [-0.3, -0.25) is 4.40 Å². The number of aryl methyl sites for hydroxylation is 1. The maximum Gasteiger partial charge on any atom is 0.417 e. The van der Waals surface area contributed by atoms with Gasteiger partial charge in [0.15, 0.2) is 16.6 Å². The smallest absolute Gasteiger partial charge is 0.276 e. The fourth-order valence-corrected chi connectivity index (χ4v) is 3.12. The van der Waals surface area contributed by atoms with Crippen LogP contribution in [0.5, 0.6) is 0 Å². The van der Waals surface area contributed by atoms with Gasteiger partial charge in [-0.25, -0.2) is 4.68 Å². The minimum atomic E-state index is -4.50. The molecule has 0 aliphatic heterocycles. The Labute approximate surface area is 143 Å². The van der Waals surface area contributed by atoms with E-state index in [2.05, 4.69) is 25.7 Å². The Morgan fingerprint density at radius 3 is 2.75 bits per heavy atom. The number of aromatic nitrogens is 7. The lowest BCUT2D eigenvalue weighted by Gasteiger charge is -2.08. The molecule has 12 heteroatoms. The number of halogens is 4. The van der Waals surface area contributed by atoms with E-state index in [1.807, 2.05) is 6.92 Å². The molecule has 24 heavy (non-hydrogen) atoms. The Balaban J connectivity index is 1.90. The van der Waals surface area contributed by atoms with Crippen LogP contribution in [0.4, 0.5) is 13.2 Å². The van der Waals surface area contributed by atoms with Crippen LogP contribution in [0.3, 0.4) is 0 Å². The van der Waals surface area contributed by atoms with Crippen LogP contribution in [0.1, 0.15) is 24.7 Å². The summed E-state index contributed by atoms with van der Waals surface area (Å²) in [6, 6.07) is 0.835. The lowest BCUT2D eigenvalue weighted by molar-refractivity contribution is -0.137. The lowest BCUT2D eigenvalue weighted by atomic mass is 10.3. The molecular formula is C12H11ClF3N7S. The van der Waals surface area contributed by atoms with Gasteiger partial charge in [-0.2, -0.15) is 13.2 Å². The van der Waals surface area contributed by atoms with Crippen LogP contribution < -0.4 is 0 Å². The molecule has 0 spiro atoms. The number of tetrazole rings is 1. The molecule has 0 aliphatic rings. The zero-order valence-corrected chi connectivity index (χ0v) is 13.9. The van der Waals surface area contributed by atoms with Crippen LogP contribution in [0.2, 0.25) is 5.02 Å². The largest absolute Gasteiger partial charge is 0.417 e. The van der Waals surface area contributed by atoms with E-state index in [1.54, 1.807) is 4.68 Å². The zero-order chi connectivity index (χ0) is 17.3. The Morgan fingerprint density at radius 1 is 1.25 bits per heavy atom. The van der Waals surface area contributed by atoms with Gasteiger partial charge in [-0.15, -0.1) is 15.3 Å². The number of alkyl halides is 3. The average molecular weight is 378 g/mol. The molecule has 128 valence electrons. The van der Waals surface area contributed by atoms with Crippen molar-refractivity contribution >= 4 is 29.0 Å². The number of fused-ring (bicyclic) bond motifs is 1. The molecule has 0 bridgehead atoms. The van der Waals surface area contributed by atoms with Gasteiger partial charge < -0.3 is 0 Å². The Kier molecular flexibility index (Phi) is 4.63. The topological polar surface area (TPSA) is 73.8 Å². The quantitative estimate of drug-likeness (QED) is 0.636. The van der Waals surface area contributed by atoms with Crippen LogP contribution in [-0.4, -0.2) is 34.8 Å². The average Bonchev–Trinajstić information content (AvgIpc) is 3.11. The van der Waals surface area contributed by atoms with E-state index in [9.17, 15) is 13.2 Å². The molecule has 0 unspecified atom stereocenters. The number of thioether (sulfide) groups is 1. The molecule has 0 N–H and O–H groups in total. The highest BCUT2D eigenvalue weighted by Gasteiger charge is 2.32. The zero-order valence-electron chi connectivity index (χ0n) is 12.3. The van der Waals surface area contributed by atoms with E-state index in [1.165, 1.54) is 16.2 Å². The van der Waals surface area contributed by atoms with Crippen molar-refractivity contribution in [3.8, 4) is 0 Å². The van der Waals surface area contributed by atoms with Gasteiger partial charge in [0, 0.05) is 12.7 Å². The van der Waals surface area contributed by atoms with Crippen molar-refractivity contribution in [2.24, 2.45) is 0 Å². The number of pyridine rings is 1. The normalized spacial score (nSPS) is 12.2. The highest BCUT2D eigenvalue weighted by molar-refractivity contribution is 7.98. The summed E-state index contributed by atoms with van der Waals surface area (Å²) >= 11 is 7.06. The summed E-state index contributed by atoms with van der Waals surface area (Å²) in [6.45, 7) is 2.65. The standard InChI is InChI=1S/C12H11ClF3N7S/c1-2-3-23-9(17-20-21-23)6-24-11-19-18-10-8(13)4-7(5-22(10)11)12(14,15)16/h4-5H,2-3,6H2,1H3. The van der Waals surface area contributed by atoms with E-state index < -0.39 is 11.7 Å². The maximum atomic E-state index is 12.9. The third-order valence-corrected chi connectivity index (χ3v) is 4.34. The molecule has 0 aromatic carbocycles. The van der Waals surface area contributed by atoms with E-state index >= 15 is 0 Å². The predicted octanol–water partition coefficient (Wildman–Crippen LogP) is 3.09. The van der Waals surface area contributed by atoms with Gasteiger partial charge in [-0.05, 0) is 22.9 Å². The molecule has 0 radical (unpaired) electrons. The van der Waals surface area contributed by atoms with Crippen LogP contribution >= 0.6 is 23.4 Å². The maximum absolute atomic E-state index is 12.9. The summed E-state index contributed by atoms with van der Waals surface area (Å²) in [7, 11) is 0. The first-order chi connectivity index (χ1) is 11.4. The van der Waals surface area contributed by atoms with Crippen molar-refractivity contribution in [1.82, 2.24) is 34.8 Å². The van der Waals surface area contributed by atoms with Crippen LogP contribution in [0.25, 0.3) is 5.65 Å². The van der Waals surface area contributed by atoms with E-state index in [4.69, 9.17) is 11.6 Å². The van der Waals surface area contributed by atoms with Crippen LogP contribution in [0, 0.1) is 0 Å². The number of rotatable bonds is 5. The second-order valence-corrected chi connectivity index (χ2v) is 6.21. The molecular weight excluding hydrogens is 367 g/mol. The van der Waals surface area contributed by atoms with Crippen LogP contribution in [0.15, 0.2) is 17.4 Å². The molecule has 7 nitrogen and oxygen atoms in total. The third-order valence-electron chi connectivity index (χ3n) is 3.13. The second kappa shape index (κ2) is 6.55. The van der Waals surface area contributed by atoms with Gasteiger partial charge in [0.2, 0.25) is 0 Å². The van der Waals surface area contributed by atoms with Gasteiger partial charge in [-0.1, -0.05) is 30.3 Å². The summed E-state index contributed by atoms with van der Waals surface area (Å²) in [4.78, 5) is 0. The fourth-order valence-electron chi connectivity index (χ4n) is 2.03. The van der Waals surface area contributed by atoms with Gasteiger partial charge >= 0.3 is 6.18 Å². The third kappa shape index (κ3) is 3.31. The van der Waals surface area contributed by atoms with Crippen molar-refractivity contribution in [2.75, 3.05) is 0 Å². The van der Waals surface area contributed by atoms with Gasteiger partial charge in [0.25, 0.3) is 0 Å². The van der Waals surface area contributed by atoms with Crippen molar-refractivity contribution in [2.45, 2.75) is 37.0 Å². The highest BCUT2D eigenvalue weighted by Crippen LogP contribution is 2.33. The molecule has 3 heterocycles. The molecule has 0 atom stereocenters. The van der Waals surface area contributed by atoms with Gasteiger partial charge in [0.1, 0.15) is 0 Å². The molecule has 0 saturated heterocycles. The van der Waals surface area contributed by atoms with Crippen LogP contribution in [-0.2, 0) is 18.5 Å². The molecule has 0 aliphatic carbocycles. The first-order valence-electron chi connectivity index (χ1n) is 6.89. The number of hydrogen-bond donors (Lipinski definition) is 0. The monoisotopic (exact) mass is 377 g/mol. The van der Waals surface area contributed by atoms with Crippen molar-refractivity contribution in [1.29, 1.82) is 0 Å². The van der Waals surface area contributed by atoms with Gasteiger partial charge in [0.05, 0.1) is 16.3 Å². The molecule has 3 rings (SSSR count). The number of hydrogen-bond acceptors (Lipinski definition) is 6. The lowest BCUT2D eigenvalue weighted by Crippen LogP contribution is -2.07. The Morgan fingerprint density at radius 2 is 2.04 bits per heavy atom. The molecule has 0 amide bonds. The van der Waals surface area contributed by atoms with E-state index in [0.29, 0.717) is 18.1 Å². The Bertz CT molecular complexity index is 860. The fraction of sp³-hybridized carbons (Fsp3) is 0.417. The minimum Gasteiger partial charge on any atom is -0.276 e. The Hall–Kier alpha value is -1.88. The van der Waals surface area contributed by atoms with Crippen molar-refractivity contribution in [3.05, 3.63) is 28.7 Å². The second-order valence-electron chi connectivity index (χ2n) is 4.86. The molecule has 0 fully saturated rings. The number of nitrogens with zero attached hydrogens (tertiary/aromatic N) is 7. The van der Waals surface area contributed by atoms with Crippen molar-refractivity contribution in [3.63, 3.8) is 0 Å². The summed E-state index contributed by atoms with van der Waals surface area (Å²) in [5.74, 6) is 0.957. The molecule has 0 saturated carbocycles. The van der Waals surface area contributed by atoms with E-state index in [-0.39, 0.29) is 15.8 Å². The predicted molar refractivity (Wildman–Crippen MR) is 80.7 cm³/mol. The molecule has 3 aromatic rings. The minimum absolute atomic E-state index is 0.111. The summed E-state index contributed by atoms with van der Waals surface area (Å²) in [5.41, 5.74) is -0.696. The molecule has 3 aromatic heterocycles. The summed E-state index contributed by atoms with van der Waals surface area (Å²) in [5, 5.41) is 19.3. The van der Waals surface area contributed by atoms with E-state index in [0.717, 1.165) is 18.7 Å².